The van der Waals surface area contributed by atoms with Crippen LogP contribution in [0.2, 0.25) is 0 Å². The molecule has 1 aromatic carbocycles. The van der Waals surface area contributed by atoms with Crippen LogP contribution in [0.15, 0.2) is 24.3 Å². The molecule has 1 amide bonds. The summed E-state index contributed by atoms with van der Waals surface area (Å²) in [5, 5.41) is 9.62. The first-order valence-electron chi connectivity index (χ1n) is 5.77. The molecule has 1 aliphatic heterocycles. The molecule has 0 spiro atoms. The highest BCUT2D eigenvalue weighted by Crippen LogP contribution is 2.19. The van der Waals surface area contributed by atoms with E-state index in [0.29, 0.717) is 37.9 Å². The number of hydrogen-bond acceptors (Lipinski definition) is 3. The molecule has 0 atom stereocenters. The summed E-state index contributed by atoms with van der Waals surface area (Å²) < 4.78 is 0. The highest BCUT2D eigenvalue weighted by molar-refractivity contribution is 5.97. The normalized spacial score (nSPS) is 16.7. The van der Waals surface area contributed by atoms with E-state index in [9.17, 15) is 14.7 Å². The second-order valence-electron chi connectivity index (χ2n) is 4.20. The van der Waals surface area contributed by atoms with E-state index in [1.165, 1.54) is 6.07 Å². The highest BCUT2D eigenvalue weighted by atomic mass is 16.3. The van der Waals surface area contributed by atoms with Crippen molar-refractivity contribution >= 4 is 11.7 Å². The number of phenolic OH excluding ortho intramolecular Hbond substituents is 1. The van der Waals surface area contributed by atoms with Crippen LogP contribution in [0.5, 0.6) is 5.75 Å². The molecule has 2 rings (SSSR count). The molecule has 1 saturated heterocycles. The number of hydrogen-bond donors (Lipinski definition) is 1. The third-order valence-corrected chi connectivity index (χ3v) is 2.97. The maximum atomic E-state index is 12.1. The van der Waals surface area contributed by atoms with Crippen LogP contribution in [0.4, 0.5) is 0 Å². The molecule has 4 nitrogen and oxygen atoms in total. The molecular weight excluding hydrogens is 218 g/mol. The van der Waals surface area contributed by atoms with Gasteiger partial charge in [-0.3, -0.25) is 9.59 Å². The third kappa shape index (κ3) is 2.64. The lowest BCUT2D eigenvalue weighted by Crippen LogP contribution is -2.32. The van der Waals surface area contributed by atoms with E-state index in [0.717, 1.165) is 0 Å². The van der Waals surface area contributed by atoms with Gasteiger partial charge in [-0.2, -0.15) is 0 Å². The predicted molar refractivity (Wildman–Crippen MR) is 62.9 cm³/mol. The Labute approximate surface area is 99.9 Å². The minimum absolute atomic E-state index is 0.00641. The molecule has 0 aromatic heterocycles. The van der Waals surface area contributed by atoms with Gasteiger partial charge in [-0.05, 0) is 18.6 Å². The van der Waals surface area contributed by atoms with E-state index >= 15 is 0 Å². The molecule has 1 fully saturated rings. The molecule has 17 heavy (non-hydrogen) atoms. The van der Waals surface area contributed by atoms with Gasteiger partial charge in [0.15, 0.2) is 0 Å². The Morgan fingerprint density at radius 1 is 1.18 bits per heavy atom. The van der Waals surface area contributed by atoms with E-state index < -0.39 is 0 Å². The van der Waals surface area contributed by atoms with Gasteiger partial charge in [0.05, 0.1) is 5.56 Å². The zero-order valence-electron chi connectivity index (χ0n) is 9.56. The quantitative estimate of drug-likeness (QED) is 0.801. The van der Waals surface area contributed by atoms with Crippen LogP contribution in [0.1, 0.15) is 29.6 Å². The smallest absolute Gasteiger partial charge is 0.257 e. The van der Waals surface area contributed by atoms with Crippen molar-refractivity contribution in [2.45, 2.75) is 19.3 Å². The van der Waals surface area contributed by atoms with Gasteiger partial charge in [0, 0.05) is 25.9 Å². The number of benzene rings is 1. The van der Waals surface area contributed by atoms with Gasteiger partial charge in [0.2, 0.25) is 0 Å². The first-order valence-corrected chi connectivity index (χ1v) is 5.77. The third-order valence-electron chi connectivity index (χ3n) is 2.97. The average Bonchev–Trinajstić information content (AvgIpc) is 2.54. The van der Waals surface area contributed by atoms with E-state index in [1.807, 2.05) is 0 Å². The lowest BCUT2D eigenvalue weighted by molar-refractivity contribution is -0.118. The van der Waals surface area contributed by atoms with Crippen molar-refractivity contribution in [3.8, 4) is 5.75 Å². The molecule has 1 heterocycles. The number of likely N-dealkylation sites (tertiary alicyclic amines) is 1. The Morgan fingerprint density at radius 2 is 1.94 bits per heavy atom. The zero-order valence-corrected chi connectivity index (χ0v) is 9.56. The fourth-order valence-electron chi connectivity index (χ4n) is 1.99. The van der Waals surface area contributed by atoms with Crippen LogP contribution in [-0.2, 0) is 4.79 Å². The van der Waals surface area contributed by atoms with E-state index in [1.54, 1.807) is 23.1 Å². The summed E-state index contributed by atoms with van der Waals surface area (Å²) in [6, 6.07) is 6.49. The van der Waals surface area contributed by atoms with Crippen LogP contribution in [0, 0.1) is 0 Å². The summed E-state index contributed by atoms with van der Waals surface area (Å²) in [6.07, 6.45) is 1.67. The molecule has 1 aromatic rings. The number of phenols is 1. The molecule has 4 heteroatoms. The largest absolute Gasteiger partial charge is 0.507 e. The molecular formula is C13H15NO3. The van der Waals surface area contributed by atoms with Crippen molar-refractivity contribution in [2.75, 3.05) is 13.1 Å². The molecule has 0 bridgehead atoms. The van der Waals surface area contributed by atoms with Gasteiger partial charge in [0.25, 0.3) is 5.91 Å². The molecule has 1 aliphatic rings. The van der Waals surface area contributed by atoms with Crippen molar-refractivity contribution in [1.29, 1.82) is 0 Å². The van der Waals surface area contributed by atoms with Crippen LogP contribution in [0.3, 0.4) is 0 Å². The number of carbonyl (C=O) groups is 2. The fraction of sp³-hybridized carbons (Fsp3) is 0.385. The Kier molecular flexibility index (Phi) is 3.42. The number of rotatable bonds is 1. The standard InChI is InChI=1S/C13H15NO3/c15-10-4-3-8-14(9-7-10)13(17)11-5-1-2-6-12(11)16/h1-2,5-6,16H,3-4,7-9H2. The zero-order chi connectivity index (χ0) is 12.3. The van der Waals surface area contributed by atoms with Crippen LogP contribution < -0.4 is 0 Å². The average molecular weight is 233 g/mol. The van der Waals surface area contributed by atoms with Gasteiger partial charge < -0.3 is 10.0 Å². The SMILES string of the molecule is O=C1CCCN(C(=O)c2ccccc2O)CC1. The number of amides is 1. The summed E-state index contributed by atoms with van der Waals surface area (Å²) in [5.74, 6) is 0.00320. The Bertz CT molecular complexity index is 442. The molecule has 0 radical (unpaired) electrons. The summed E-state index contributed by atoms with van der Waals surface area (Å²) >= 11 is 0. The van der Waals surface area contributed by atoms with Gasteiger partial charge >= 0.3 is 0 Å². The number of Topliss-reactive ketones (excluding diaryl/α,β-unsaturated/α-hetero) is 1. The Hall–Kier alpha value is -1.84. The van der Waals surface area contributed by atoms with E-state index in [4.69, 9.17) is 0 Å². The number of ketones is 1. The van der Waals surface area contributed by atoms with Crippen LogP contribution in [0.25, 0.3) is 0 Å². The molecule has 0 unspecified atom stereocenters. The number of carbonyl (C=O) groups excluding carboxylic acids is 2. The first kappa shape index (κ1) is 11.6. The molecule has 0 aliphatic carbocycles. The predicted octanol–water partition coefficient (Wildman–Crippen LogP) is 1.59. The monoisotopic (exact) mass is 233 g/mol. The van der Waals surface area contributed by atoms with Crippen molar-refractivity contribution in [2.24, 2.45) is 0 Å². The summed E-state index contributed by atoms with van der Waals surface area (Å²) in [6.45, 7) is 1.03. The summed E-state index contributed by atoms with van der Waals surface area (Å²) in [5.41, 5.74) is 0.307. The number of nitrogens with zero attached hydrogens (tertiary/aromatic N) is 1. The minimum Gasteiger partial charge on any atom is -0.507 e. The minimum atomic E-state index is -0.196. The van der Waals surface area contributed by atoms with Crippen molar-refractivity contribution < 1.29 is 14.7 Å². The van der Waals surface area contributed by atoms with E-state index in [-0.39, 0.29) is 17.4 Å². The topological polar surface area (TPSA) is 57.6 Å². The summed E-state index contributed by atoms with van der Waals surface area (Å²) in [7, 11) is 0. The van der Waals surface area contributed by atoms with Gasteiger partial charge in [-0.1, -0.05) is 12.1 Å². The van der Waals surface area contributed by atoms with Crippen molar-refractivity contribution in [3.05, 3.63) is 29.8 Å². The van der Waals surface area contributed by atoms with E-state index in [2.05, 4.69) is 0 Å². The van der Waals surface area contributed by atoms with Gasteiger partial charge in [-0.15, -0.1) is 0 Å². The Morgan fingerprint density at radius 3 is 2.71 bits per heavy atom. The molecule has 90 valence electrons. The fourth-order valence-corrected chi connectivity index (χ4v) is 1.99. The maximum absolute atomic E-state index is 12.1. The molecule has 1 N–H and O–H groups in total. The maximum Gasteiger partial charge on any atom is 0.257 e. The van der Waals surface area contributed by atoms with Crippen LogP contribution in [-0.4, -0.2) is 34.8 Å². The lowest BCUT2D eigenvalue weighted by Gasteiger charge is -2.20. The second-order valence-corrected chi connectivity index (χ2v) is 4.20. The molecule has 0 saturated carbocycles. The van der Waals surface area contributed by atoms with Gasteiger partial charge in [-0.25, -0.2) is 0 Å². The van der Waals surface area contributed by atoms with Gasteiger partial charge in [0.1, 0.15) is 11.5 Å². The Balaban J connectivity index is 2.14. The van der Waals surface area contributed by atoms with Crippen molar-refractivity contribution in [3.63, 3.8) is 0 Å². The highest BCUT2D eigenvalue weighted by Gasteiger charge is 2.21. The lowest BCUT2D eigenvalue weighted by atomic mass is 10.1. The van der Waals surface area contributed by atoms with Crippen molar-refractivity contribution in [1.82, 2.24) is 4.90 Å². The first-order chi connectivity index (χ1) is 8.18. The van der Waals surface area contributed by atoms with Crippen LogP contribution >= 0.6 is 0 Å². The number of para-hydroxylation sites is 1. The number of aromatic hydroxyl groups is 1. The summed E-state index contributed by atoms with van der Waals surface area (Å²) in [4.78, 5) is 25.0. The second kappa shape index (κ2) is 4.99.